The third kappa shape index (κ3) is 5.20. The van der Waals surface area contributed by atoms with E-state index in [1.54, 1.807) is 0 Å². The van der Waals surface area contributed by atoms with Crippen LogP contribution in [0.15, 0.2) is 40.9 Å². The van der Waals surface area contributed by atoms with Gasteiger partial charge in [-0.25, -0.2) is 9.18 Å². The molecule has 2 aromatic rings. The Morgan fingerprint density at radius 2 is 1.93 bits per heavy atom. The number of esters is 1. The molecule has 0 aliphatic carbocycles. The first-order chi connectivity index (χ1) is 13.8. The number of carbonyl (C=O) groups is 3. The minimum Gasteiger partial charge on any atom is -0.454 e. The average molecular weight is 464 g/mol. The van der Waals surface area contributed by atoms with Crippen molar-refractivity contribution in [2.45, 2.75) is 6.92 Å². The van der Waals surface area contributed by atoms with E-state index in [0.717, 1.165) is 6.08 Å². The normalized spacial score (nSPS) is 12.1. The fourth-order valence-electron chi connectivity index (χ4n) is 2.51. The van der Waals surface area contributed by atoms with E-state index in [9.17, 15) is 18.8 Å². The molecular formula is C20H15BrFNO6. The fraction of sp³-hybridized carbons (Fsp3) is 0.150. The molecule has 0 aromatic heterocycles. The monoisotopic (exact) mass is 463 g/mol. The van der Waals surface area contributed by atoms with Crippen LogP contribution >= 0.6 is 15.9 Å². The third-order valence-corrected chi connectivity index (χ3v) is 4.36. The first-order valence-corrected chi connectivity index (χ1v) is 9.17. The number of benzene rings is 2. The van der Waals surface area contributed by atoms with Crippen LogP contribution in [-0.4, -0.2) is 31.1 Å². The van der Waals surface area contributed by atoms with Crippen LogP contribution in [-0.2, 0) is 14.3 Å². The Morgan fingerprint density at radius 1 is 1.21 bits per heavy atom. The van der Waals surface area contributed by atoms with Crippen molar-refractivity contribution in [3.63, 3.8) is 0 Å². The maximum absolute atomic E-state index is 13.6. The van der Waals surface area contributed by atoms with Crippen LogP contribution in [0.25, 0.3) is 6.08 Å². The Kier molecular flexibility index (Phi) is 6.28. The molecule has 1 aliphatic heterocycles. The van der Waals surface area contributed by atoms with Gasteiger partial charge in [0.15, 0.2) is 23.9 Å². The number of nitrogens with one attached hydrogen (secondary N) is 1. The number of carbonyl (C=O) groups excluding carboxylic acids is 3. The van der Waals surface area contributed by atoms with Gasteiger partial charge in [0.05, 0.1) is 5.69 Å². The summed E-state index contributed by atoms with van der Waals surface area (Å²) in [6.45, 7) is 0.779. The van der Waals surface area contributed by atoms with Crippen molar-refractivity contribution in [1.29, 1.82) is 0 Å². The van der Waals surface area contributed by atoms with E-state index in [4.69, 9.17) is 14.2 Å². The highest BCUT2D eigenvalue weighted by molar-refractivity contribution is 9.10. The molecule has 3 rings (SSSR count). The zero-order valence-electron chi connectivity index (χ0n) is 15.2. The number of hydrogen-bond acceptors (Lipinski definition) is 6. The van der Waals surface area contributed by atoms with Gasteiger partial charge in [0.25, 0.3) is 5.91 Å². The Labute approximate surface area is 173 Å². The molecule has 9 heteroatoms. The zero-order valence-corrected chi connectivity index (χ0v) is 16.7. The van der Waals surface area contributed by atoms with Crippen LogP contribution in [0.2, 0.25) is 0 Å². The van der Waals surface area contributed by atoms with E-state index in [-0.39, 0.29) is 29.4 Å². The van der Waals surface area contributed by atoms with E-state index in [2.05, 4.69) is 21.2 Å². The number of amides is 1. The first kappa shape index (κ1) is 20.5. The van der Waals surface area contributed by atoms with Crippen LogP contribution < -0.4 is 14.8 Å². The number of fused-ring (bicyclic) bond motifs is 1. The average Bonchev–Trinajstić information content (AvgIpc) is 3.13. The predicted octanol–water partition coefficient (Wildman–Crippen LogP) is 3.71. The van der Waals surface area contributed by atoms with Gasteiger partial charge in [0.1, 0.15) is 5.82 Å². The van der Waals surface area contributed by atoms with Crippen molar-refractivity contribution in [1.82, 2.24) is 0 Å². The summed E-state index contributed by atoms with van der Waals surface area (Å²) in [6, 6.07) is 7.21. The van der Waals surface area contributed by atoms with E-state index in [1.807, 2.05) is 0 Å². The van der Waals surface area contributed by atoms with E-state index in [1.165, 1.54) is 43.3 Å². The Bertz CT molecular complexity index is 1020. The molecule has 2 aromatic carbocycles. The summed E-state index contributed by atoms with van der Waals surface area (Å²) in [5, 5.41) is 2.50. The number of ether oxygens (including phenoxy) is 3. The fourth-order valence-corrected chi connectivity index (χ4v) is 2.89. The van der Waals surface area contributed by atoms with Crippen molar-refractivity contribution in [2.24, 2.45) is 0 Å². The van der Waals surface area contributed by atoms with E-state index < -0.39 is 24.3 Å². The summed E-state index contributed by atoms with van der Waals surface area (Å²) in [5.41, 5.74) is 0.640. The number of rotatable bonds is 6. The molecule has 0 bridgehead atoms. The molecule has 1 aliphatic rings. The van der Waals surface area contributed by atoms with Gasteiger partial charge in [-0.15, -0.1) is 0 Å². The highest BCUT2D eigenvalue weighted by Crippen LogP contribution is 2.37. The maximum atomic E-state index is 13.6. The summed E-state index contributed by atoms with van der Waals surface area (Å²) < 4.78 is 29.6. The lowest BCUT2D eigenvalue weighted by molar-refractivity contribution is -0.142. The number of ketones is 1. The van der Waals surface area contributed by atoms with Crippen LogP contribution in [0.5, 0.6) is 11.5 Å². The van der Waals surface area contributed by atoms with Crippen LogP contribution in [0.3, 0.4) is 0 Å². The van der Waals surface area contributed by atoms with Crippen LogP contribution in [0.1, 0.15) is 22.8 Å². The topological polar surface area (TPSA) is 90.9 Å². The van der Waals surface area contributed by atoms with Crippen molar-refractivity contribution in [2.75, 3.05) is 18.7 Å². The highest BCUT2D eigenvalue weighted by atomic mass is 79.9. The van der Waals surface area contributed by atoms with Gasteiger partial charge in [-0.3, -0.25) is 9.59 Å². The molecule has 1 amide bonds. The summed E-state index contributed by atoms with van der Waals surface area (Å²) in [6.07, 6.45) is 2.26. The first-order valence-electron chi connectivity index (χ1n) is 8.38. The molecular weight excluding hydrogens is 449 g/mol. The standard InChI is InChI=1S/C20H15BrFNO6/c1-11(24)14-7-17-18(29-10-28-17)8-16(14)23-19(25)9-27-20(26)5-2-12-6-13(21)3-4-15(12)22/h2-8H,9-10H2,1H3,(H,23,25)/b5-2+. The van der Waals surface area contributed by atoms with Crippen molar-refractivity contribution >= 4 is 45.4 Å². The molecule has 150 valence electrons. The quantitative estimate of drug-likeness (QED) is 0.398. The zero-order chi connectivity index (χ0) is 21.0. The van der Waals surface area contributed by atoms with Crippen molar-refractivity contribution in [3.8, 4) is 11.5 Å². The molecule has 0 saturated heterocycles. The lowest BCUT2D eigenvalue weighted by Gasteiger charge is -2.10. The van der Waals surface area contributed by atoms with Gasteiger partial charge < -0.3 is 19.5 Å². The summed E-state index contributed by atoms with van der Waals surface area (Å²) in [5.74, 6) is -1.46. The van der Waals surface area contributed by atoms with Gasteiger partial charge >= 0.3 is 5.97 Å². The van der Waals surface area contributed by atoms with Gasteiger partial charge in [-0.1, -0.05) is 15.9 Å². The predicted molar refractivity (Wildman–Crippen MR) is 105 cm³/mol. The Balaban J connectivity index is 1.60. The Morgan fingerprint density at radius 3 is 2.66 bits per heavy atom. The molecule has 0 radical (unpaired) electrons. The molecule has 1 N–H and O–H groups in total. The molecule has 0 fully saturated rings. The molecule has 0 saturated carbocycles. The van der Waals surface area contributed by atoms with E-state index in [0.29, 0.717) is 16.0 Å². The lowest BCUT2D eigenvalue weighted by atomic mass is 10.1. The minimum atomic E-state index is -0.822. The highest BCUT2D eigenvalue weighted by Gasteiger charge is 2.20. The van der Waals surface area contributed by atoms with Crippen LogP contribution in [0.4, 0.5) is 10.1 Å². The van der Waals surface area contributed by atoms with E-state index >= 15 is 0 Å². The number of hydrogen-bond donors (Lipinski definition) is 1. The number of halogens is 2. The molecule has 0 unspecified atom stereocenters. The van der Waals surface area contributed by atoms with Gasteiger partial charge in [-0.2, -0.15) is 0 Å². The van der Waals surface area contributed by atoms with Crippen LogP contribution in [0, 0.1) is 5.82 Å². The summed E-state index contributed by atoms with van der Waals surface area (Å²) in [4.78, 5) is 35.7. The van der Waals surface area contributed by atoms with Crippen molar-refractivity contribution < 1.29 is 33.0 Å². The third-order valence-electron chi connectivity index (χ3n) is 3.87. The lowest BCUT2D eigenvalue weighted by Crippen LogP contribution is -2.21. The smallest absolute Gasteiger partial charge is 0.331 e. The van der Waals surface area contributed by atoms with Crippen molar-refractivity contribution in [3.05, 3.63) is 57.8 Å². The second kappa shape index (κ2) is 8.87. The Hall–Kier alpha value is -3.20. The number of anilines is 1. The largest absolute Gasteiger partial charge is 0.454 e. The molecule has 0 atom stereocenters. The van der Waals surface area contributed by atoms with Gasteiger partial charge in [0, 0.05) is 27.7 Å². The molecule has 7 nitrogen and oxygen atoms in total. The summed E-state index contributed by atoms with van der Waals surface area (Å²) >= 11 is 3.21. The minimum absolute atomic E-state index is 0.0204. The molecule has 29 heavy (non-hydrogen) atoms. The SMILES string of the molecule is CC(=O)c1cc2c(cc1NC(=O)COC(=O)/C=C/c1cc(Br)ccc1F)OCO2. The van der Waals surface area contributed by atoms with Gasteiger partial charge in [0.2, 0.25) is 6.79 Å². The van der Waals surface area contributed by atoms with Gasteiger partial charge in [-0.05, 0) is 37.3 Å². The second-order valence-electron chi connectivity index (χ2n) is 5.96. The molecule has 0 spiro atoms. The summed E-state index contributed by atoms with van der Waals surface area (Å²) in [7, 11) is 0. The number of Topliss-reactive ketones (excluding diaryl/α,β-unsaturated/α-hetero) is 1. The maximum Gasteiger partial charge on any atom is 0.331 e. The second-order valence-corrected chi connectivity index (χ2v) is 6.88. The molecule has 1 heterocycles.